The van der Waals surface area contributed by atoms with Gasteiger partial charge in [-0.05, 0) is 73.3 Å². The number of phenolic OH excluding ortho intramolecular Hbond substituents is 1. The SMILES string of the molecule is O=C(Cc1ccc(Cl)c(Cl)c1)N1CCc2ccc(O)cc2C1CN1CCCC1. The zero-order valence-electron chi connectivity index (χ0n) is 15.7. The highest BCUT2D eigenvalue weighted by atomic mass is 35.5. The van der Waals surface area contributed by atoms with E-state index in [1.165, 1.54) is 18.4 Å². The predicted molar refractivity (Wildman–Crippen MR) is 112 cm³/mol. The largest absolute Gasteiger partial charge is 0.508 e. The van der Waals surface area contributed by atoms with E-state index in [1.54, 1.807) is 18.2 Å². The van der Waals surface area contributed by atoms with Crippen LogP contribution in [0.25, 0.3) is 0 Å². The van der Waals surface area contributed by atoms with Crippen molar-refractivity contribution < 1.29 is 9.90 Å². The number of benzene rings is 2. The van der Waals surface area contributed by atoms with Gasteiger partial charge in [-0.2, -0.15) is 0 Å². The number of rotatable bonds is 4. The molecule has 0 aromatic heterocycles. The number of amides is 1. The van der Waals surface area contributed by atoms with Gasteiger partial charge >= 0.3 is 0 Å². The Labute approximate surface area is 175 Å². The Morgan fingerprint density at radius 3 is 2.57 bits per heavy atom. The monoisotopic (exact) mass is 418 g/mol. The number of halogens is 2. The molecule has 0 saturated carbocycles. The zero-order valence-corrected chi connectivity index (χ0v) is 17.2. The highest BCUT2D eigenvalue weighted by Gasteiger charge is 2.33. The van der Waals surface area contributed by atoms with Gasteiger partial charge in [-0.3, -0.25) is 4.79 Å². The average molecular weight is 419 g/mol. The second-order valence-corrected chi connectivity index (χ2v) is 8.48. The van der Waals surface area contributed by atoms with Gasteiger partial charge in [0.1, 0.15) is 5.75 Å². The van der Waals surface area contributed by atoms with E-state index in [2.05, 4.69) is 4.90 Å². The quantitative estimate of drug-likeness (QED) is 0.796. The summed E-state index contributed by atoms with van der Waals surface area (Å²) in [5.41, 5.74) is 3.15. The van der Waals surface area contributed by atoms with Gasteiger partial charge in [-0.15, -0.1) is 0 Å². The smallest absolute Gasteiger partial charge is 0.227 e. The summed E-state index contributed by atoms with van der Waals surface area (Å²) in [5.74, 6) is 0.334. The van der Waals surface area contributed by atoms with E-state index in [4.69, 9.17) is 23.2 Å². The number of phenols is 1. The summed E-state index contributed by atoms with van der Waals surface area (Å²) in [5, 5.41) is 11.0. The predicted octanol–water partition coefficient (Wildman–Crippen LogP) is 4.46. The topological polar surface area (TPSA) is 43.8 Å². The summed E-state index contributed by atoms with van der Waals surface area (Å²) in [6.45, 7) is 3.64. The number of carbonyl (C=O) groups excluding carboxylic acids is 1. The second-order valence-electron chi connectivity index (χ2n) is 7.67. The summed E-state index contributed by atoms with van der Waals surface area (Å²) in [7, 11) is 0. The van der Waals surface area contributed by atoms with E-state index in [0.29, 0.717) is 23.0 Å². The lowest BCUT2D eigenvalue weighted by Crippen LogP contribution is -2.45. The lowest BCUT2D eigenvalue weighted by atomic mass is 9.91. The second kappa shape index (κ2) is 8.32. The van der Waals surface area contributed by atoms with Gasteiger partial charge in [0, 0.05) is 13.1 Å². The van der Waals surface area contributed by atoms with Gasteiger partial charge in [-0.25, -0.2) is 0 Å². The number of hydrogen-bond acceptors (Lipinski definition) is 3. The van der Waals surface area contributed by atoms with Crippen molar-refractivity contribution in [2.24, 2.45) is 0 Å². The number of aromatic hydroxyl groups is 1. The third-order valence-electron chi connectivity index (χ3n) is 5.78. The normalized spacial score (nSPS) is 19.6. The molecule has 1 amide bonds. The molecule has 2 heterocycles. The Kier molecular flexibility index (Phi) is 5.81. The molecule has 1 unspecified atom stereocenters. The van der Waals surface area contributed by atoms with Crippen LogP contribution < -0.4 is 0 Å². The number of hydrogen-bond donors (Lipinski definition) is 1. The molecular weight excluding hydrogens is 395 g/mol. The summed E-state index contributed by atoms with van der Waals surface area (Å²) in [4.78, 5) is 17.6. The van der Waals surface area contributed by atoms with E-state index in [0.717, 1.165) is 37.2 Å². The standard InChI is InChI=1S/C22H24Cl2N2O2/c23-19-6-3-15(11-20(19)24)12-22(28)26-10-7-16-4-5-17(27)13-18(16)21(26)14-25-8-1-2-9-25/h3-6,11,13,21,27H,1-2,7-10,12,14H2. The van der Waals surface area contributed by atoms with Crippen LogP contribution in [-0.4, -0.2) is 47.0 Å². The lowest BCUT2D eigenvalue weighted by Gasteiger charge is -2.39. The van der Waals surface area contributed by atoms with Gasteiger partial charge in [0.25, 0.3) is 0 Å². The van der Waals surface area contributed by atoms with Gasteiger partial charge in [0.05, 0.1) is 22.5 Å². The van der Waals surface area contributed by atoms with Crippen molar-refractivity contribution in [3.63, 3.8) is 0 Å². The Hall–Kier alpha value is -1.75. The summed E-state index contributed by atoms with van der Waals surface area (Å²) < 4.78 is 0. The highest BCUT2D eigenvalue weighted by Crippen LogP contribution is 2.34. The molecule has 4 rings (SSSR count). The van der Waals surface area contributed by atoms with Crippen molar-refractivity contribution in [1.29, 1.82) is 0 Å². The molecule has 0 bridgehead atoms. The molecule has 1 atom stereocenters. The van der Waals surface area contributed by atoms with Crippen LogP contribution in [0.1, 0.15) is 35.6 Å². The maximum Gasteiger partial charge on any atom is 0.227 e. The Morgan fingerprint density at radius 2 is 1.82 bits per heavy atom. The summed E-state index contributed by atoms with van der Waals surface area (Å²) in [6, 6.07) is 10.9. The third-order valence-corrected chi connectivity index (χ3v) is 6.52. The van der Waals surface area contributed by atoms with Gasteiger partial charge in [0.2, 0.25) is 5.91 Å². The molecule has 0 aliphatic carbocycles. The van der Waals surface area contributed by atoms with E-state index in [1.807, 2.05) is 23.1 Å². The molecule has 6 heteroatoms. The molecule has 28 heavy (non-hydrogen) atoms. The molecule has 2 aliphatic rings. The first-order valence-corrected chi connectivity index (χ1v) is 10.5. The Morgan fingerprint density at radius 1 is 1.04 bits per heavy atom. The van der Waals surface area contributed by atoms with Crippen LogP contribution in [0.4, 0.5) is 0 Å². The van der Waals surface area contributed by atoms with Crippen molar-refractivity contribution in [3.05, 3.63) is 63.1 Å². The van der Waals surface area contributed by atoms with Crippen molar-refractivity contribution in [2.45, 2.75) is 31.7 Å². The van der Waals surface area contributed by atoms with Crippen LogP contribution in [0, 0.1) is 0 Å². The van der Waals surface area contributed by atoms with Crippen LogP contribution in [-0.2, 0) is 17.6 Å². The zero-order chi connectivity index (χ0) is 19.7. The first kappa shape index (κ1) is 19.6. The van der Waals surface area contributed by atoms with Gasteiger partial charge in [-0.1, -0.05) is 35.3 Å². The molecule has 1 fully saturated rings. The number of likely N-dealkylation sites (tertiary alicyclic amines) is 1. The van der Waals surface area contributed by atoms with E-state index >= 15 is 0 Å². The van der Waals surface area contributed by atoms with Crippen LogP contribution >= 0.6 is 23.2 Å². The molecule has 1 saturated heterocycles. The van der Waals surface area contributed by atoms with Crippen molar-refractivity contribution in [3.8, 4) is 5.75 Å². The van der Waals surface area contributed by atoms with Crippen molar-refractivity contribution in [2.75, 3.05) is 26.2 Å². The fraction of sp³-hybridized carbons (Fsp3) is 0.409. The Balaban J connectivity index is 1.59. The van der Waals surface area contributed by atoms with E-state index < -0.39 is 0 Å². The lowest BCUT2D eigenvalue weighted by molar-refractivity contribution is -0.133. The number of nitrogens with zero attached hydrogens (tertiary/aromatic N) is 2. The number of fused-ring (bicyclic) bond motifs is 1. The van der Waals surface area contributed by atoms with Gasteiger partial charge in [0.15, 0.2) is 0 Å². The summed E-state index contributed by atoms with van der Waals surface area (Å²) in [6.07, 6.45) is 3.51. The molecule has 0 spiro atoms. The van der Waals surface area contributed by atoms with Crippen LogP contribution in [0.5, 0.6) is 5.75 Å². The summed E-state index contributed by atoms with van der Waals surface area (Å²) >= 11 is 12.1. The molecule has 4 nitrogen and oxygen atoms in total. The molecular formula is C22H24Cl2N2O2. The minimum atomic E-state index is -0.0378. The molecule has 148 valence electrons. The van der Waals surface area contributed by atoms with Crippen LogP contribution in [0.3, 0.4) is 0 Å². The fourth-order valence-corrected chi connectivity index (χ4v) is 4.64. The average Bonchev–Trinajstić information content (AvgIpc) is 3.18. The van der Waals surface area contributed by atoms with Gasteiger partial charge < -0.3 is 14.9 Å². The minimum Gasteiger partial charge on any atom is -0.508 e. The van der Waals surface area contributed by atoms with E-state index in [9.17, 15) is 9.90 Å². The minimum absolute atomic E-state index is 0.0378. The van der Waals surface area contributed by atoms with Crippen molar-refractivity contribution in [1.82, 2.24) is 9.80 Å². The fourth-order valence-electron chi connectivity index (χ4n) is 4.32. The first-order valence-electron chi connectivity index (χ1n) is 9.79. The molecule has 2 aliphatic heterocycles. The molecule has 2 aromatic rings. The van der Waals surface area contributed by atoms with Crippen LogP contribution in [0.15, 0.2) is 36.4 Å². The highest BCUT2D eigenvalue weighted by molar-refractivity contribution is 6.42. The first-order chi connectivity index (χ1) is 13.5. The Bertz CT molecular complexity index is 881. The molecule has 0 radical (unpaired) electrons. The van der Waals surface area contributed by atoms with Crippen molar-refractivity contribution >= 4 is 29.1 Å². The molecule has 2 aromatic carbocycles. The van der Waals surface area contributed by atoms with E-state index in [-0.39, 0.29) is 17.7 Å². The maximum absolute atomic E-state index is 13.2. The molecule has 1 N–H and O–H groups in total. The third kappa shape index (κ3) is 4.14. The number of carbonyl (C=O) groups is 1. The van der Waals surface area contributed by atoms with Crippen LogP contribution in [0.2, 0.25) is 10.0 Å². The maximum atomic E-state index is 13.2.